The van der Waals surface area contributed by atoms with Crippen molar-refractivity contribution in [3.63, 3.8) is 0 Å². The first-order chi connectivity index (χ1) is 14.9. The average Bonchev–Trinajstić information content (AvgIpc) is 2.78. The van der Waals surface area contributed by atoms with Gasteiger partial charge >= 0.3 is 0 Å². The summed E-state index contributed by atoms with van der Waals surface area (Å²) in [4.78, 5) is 28.0. The van der Waals surface area contributed by atoms with E-state index in [4.69, 9.17) is 4.74 Å². The largest absolute Gasteiger partial charge is 0.495 e. The topological polar surface area (TPSA) is 105 Å². The van der Waals surface area contributed by atoms with E-state index in [1.165, 1.54) is 19.2 Å². The normalized spacial score (nSPS) is 11.3. The van der Waals surface area contributed by atoms with Crippen molar-refractivity contribution in [2.75, 3.05) is 11.8 Å². The SMILES string of the molecule is COc1ccccc1S(=O)(=O)Nc1cccc2[nH]c(=O)c(C(=O)c3ccccc3)cc12. The van der Waals surface area contributed by atoms with E-state index >= 15 is 0 Å². The maximum absolute atomic E-state index is 13.0. The Hall–Kier alpha value is -3.91. The number of benzene rings is 3. The number of H-pyrrole nitrogens is 1. The fraction of sp³-hybridized carbons (Fsp3) is 0.0435. The fourth-order valence-electron chi connectivity index (χ4n) is 3.27. The Balaban J connectivity index is 1.82. The van der Waals surface area contributed by atoms with Crippen molar-refractivity contribution in [2.24, 2.45) is 0 Å². The summed E-state index contributed by atoms with van der Waals surface area (Å²) in [6, 6.07) is 20.8. The highest BCUT2D eigenvalue weighted by Crippen LogP contribution is 2.28. The molecule has 0 bridgehead atoms. The molecule has 0 fully saturated rings. The van der Waals surface area contributed by atoms with Gasteiger partial charge in [-0.05, 0) is 30.3 Å². The number of aromatic amines is 1. The van der Waals surface area contributed by atoms with Gasteiger partial charge in [0, 0.05) is 10.9 Å². The highest BCUT2D eigenvalue weighted by atomic mass is 32.2. The number of anilines is 1. The standard InChI is InChI=1S/C23H18N2O5S/c1-30-20-12-5-6-13-21(20)31(28,29)25-19-11-7-10-18-16(19)14-17(23(27)24-18)22(26)15-8-3-2-4-9-15/h2-14,25H,1H3,(H,24,27). The number of fused-ring (bicyclic) bond motifs is 1. The molecule has 0 radical (unpaired) electrons. The van der Waals surface area contributed by atoms with Crippen LogP contribution in [0.3, 0.4) is 0 Å². The Morgan fingerprint density at radius 1 is 0.935 bits per heavy atom. The molecule has 4 aromatic rings. The van der Waals surface area contributed by atoms with Crippen LogP contribution in [0.1, 0.15) is 15.9 Å². The van der Waals surface area contributed by atoms with Crippen LogP contribution in [0.2, 0.25) is 0 Å². The lowest BCUT2D eigenvalue weighted by Gasteiger charge is -2.13. The van der Waals surface area contributed by atoms with E-state index in [-0.39, 0.29) is 21.9 Å². The summed E-state index contributed by atoms with van der Waals surface area (Å²) in [6.07, 6.45) is 0. The number of methoxy groups -OCH3 is 1. The molecule has 0 amide bonds. The third-order valence-electron chi connectivity index (χ3n) is 4.77. The highest BCUT2D eigenvalue weighted by molar-refractivity contribution is 7.92. The van der Waals surface area contributed by atoms with Crippen molar-refractivity contribution in [3.05, 3.63) is 100 Å². The summed E-state index contributed by atoms with van der Waals surface area (Å²) in [7, 11) is -2.61. The zero-order chi connectivity index (χ0) is 22.0. The molecular formula is C23H18N2O5S. The molecule has 0 unspecified atom stereocenters. The van der Waals surface area contributed by atoms with Crippen LogP contribution >= 0.6 is 0 Å². The summed E-state index contributed by atoms with van der Waals surface area (Å²) in [5.41, 5.74) is 0.352. The second kappa shape index (κ2) is 8.08. The molecule has 0 saturated carbocycles. The summed E-state index contributed by atoms with van der Waals surface area (Å²) in [5, 5.41) is 0.389. The number of rotatable bonds is 6. The van der Waals surface area contributed by atoms with E-state index in [2.05, 4.69) is 9.71 Å². The maximum Gasteiger partial charge on any atom is 0.265 e. The Kier molecular flexibility index (Phi) is 5.31. The molecule has 0 aliphatic carbocycles. The van der Waals surface area contributed by atoms with E-state index in [1.807, 2.05) is 0 Å². The predicted molar refractivity (Wildman–Crippen MR) is 118 cm³/mol. The van der Waals surface area contributed by atoms with Gasteiger partial charge in [-0.1, -0.05) is 48.5 Å². The Labute approximate surface area is 178 Å². The Bertz CT molecular complexity index is 1440. The number of ketones is 1. The molecule has 0 saturated heterocycles. The van der Waals surface area contributed by atoms with Gasteiger partial charge in [-0.25, -0.2) is 8.42 Å². The van der Waals surface area contributed by atoms with E-state index in [0.717, 1.165) is 0 Å². The number of carbonyl (C=O) groups excluding carboxylic acids is 1. The van der Waals surface area contributed by atoms with E-state index in [1.54, 1.807) is 66.7 Å². The van der Waals surface area contributed by atoms with Crippen LogP contribution in [0.15, 0.2) is 88.6 Å². The van der Waals surface area contributed by atoms with Gasteiger partial charge in [0.05, 0.1) is 23.9 Å². The molecule has 0 atom stereocenters. The van der Waals surface area contributed by atoms with Gasteiger partial charge in [0.15, 0.2) is 5.78 Å². The second-order valence-corrected chi connectivity index (χ2v) is 8.38. The molecule has 1 aromatic heterocycles. The molecular weight excluding hydrogens is 416 g/mol. The minimum absolute atomic E-state index is 0.0282. The summed E-state index contributed by atoms with van der Waals surface area (Å²) in [6.45, 7) is 0. The zero-order valence-corrected chi connectivity index (χ0v) is 17.3. The number of hydrogen-bond donors (Lipinski definition) is 2. The van der Waals surface area contributed by atoms with Crippen LogP contribution in [-0.4, -0.2) is 26.3 Å². The summed E-state index contributed by atoms with van der Waals surface area (Å²) < 4.78 is 33.7. The van der Waals surface area contributed by atoms with Crippen molar-refractivity contribution >= 4 is 32.4 Å². The molecule has 0 aliphatic heterocycles. The minimum atomic E-state index is -3.99. The molecule has 3 aromatic carbocycles. The van der Waals surface area contributed by atoms with Crippen molar-refractivity contribution in [1.82, 2.24) is 4.98 Å². The van der Waals surface area contributed by atoms with Crippen molar-refractivity contribution in [3.8, 4) is 5.75 Å². The predicted octanol–water partition coefficient (Wildman–Crippen LogP) is 3.57. The number of aromatic nitrogens is 1. The quantitative estimate of drug-likeness (QED) is 0.452. The fourth-order valence-corrected chi connectivity index (χ4v) is 4.52. The van der Waals surface area contributed by atoms with Crippen LogP contribution < -0.4 is 15.0 Å². The summed E-state index contributed by atoms with van der Waals surface area (Å²) >= 11 is 0. The van der Waals surface area contributed by atoms with Gasteiger partial charge in [-0.2, -0.15) is 0 Å². The molecule has 8 heteroatoms. The van der Waals surface area contributed by atoms with Gasteiger partial charge < -0.3 is 9.72 Å². The van der Waals surface area contributed by atoms with Gasteiger partial charge in [0.25, 0.3) is 15.6 Å². The van der Waals surface area contributed by atoms with E-state index < -0.39 is 21.4 Å². The second-order valence-electron chi connectivity index (χ2n) is 6.73. The van der Waals surface area contributed by atoms with Crippen LogP contribution in [0, 0.1) is 0 Å². The van der Waals surface area contributed by atoms with Gasteiger partial charge in [0.1, 0.15) is 10.6 Å². The van der Waals surface area contributed by atoms with E-state index in [0.29, 0.717) is 16.5 Å². The highest BCUT2D eigenvalue weighted by Gasteiger charge is 2.21. The average molecular weight is 434 g/mol. The Morgan fingerprint density at radius 3 is 2.39 bits per heavy atom. The van der Waals surface area contributed by atoms with Crippen molar-refractivity contribution < 1.29 is 17.9 Å². The monoisotopic (exact) mass is 434 g/mol. The maximum atomic E-state index is 13.0. The van der Waals surface area contributed by atoms with Crippen molar-refractivity contribution in [2.45, 2.75) is 4.90 Å². The lowest BCUT2D eigenvalue weighted by atomic mass is 10.0. The molecule has 1 heterocycles. The molecule has 156 valence electrons. The first kappa shape index (κ1) is 20.4. The van der Waals surface area contributed by atoms with Gasteiger partial charge in [-0.15, -0.1) is 0 Å². The molecule has 0 spiro atoms. The zero-order valence-electron chi connectivity index (χ0n) is 16.5. The lowest BCUT2D eigenvalue weighted by molar-refractivity contribution is 0.103. The minimum Gasteiger partial charge on any atom is -0.495 e. The third-order valence-corrected chi connectivity index (χ3v) is 6.18. The van der Waals surface area contributed by atoms with Gasteiger partial charge in [0.2, 0.25) is 0 Å². The smallest absolute Gasteiger partial charge is 0.265 e. The van der Waals surface area contributed by atoms with Crippen molar-refractivity contribution in [1.29, 1.82) is 0 Å². The number of pyridine rings is 1. The Morgan fingerprint density at radius 2 is 1.65 bits per heavy atom. The molecule has 7 nitrogen and oxygen atoms in total. The number of hydrogen-bond acceptors (Lipinski definition) is 5. The van der Waals surface area contributed by atoms with Gasteiger partial charge in [-0.3, -0.25) is 14.3 Å². The number of ether oxygens (including phenoxy) is 1. The number of carbonyl (C=O) groups is 1. The number of sulfonamides is 1. The molecule has 4 rings (SSSR count). The lowest BCUT2D eigenvalue weighted by Crippen LogP contribution is -2.19. The van der Waals surface area contributed by atoms with Crippen LogP contribution in [0.25, 0.3) is 10.9 Å². The van der Waals surface area contributed by atoms with Crippen LogP contribution in [0.4, 0.5) is 5.69 Å². The van der Waals surface area contributed by atoms with Crippen LogP contribution in [0.5, 0.6) is 5.75 Å². The first-order valence-corrected chi connectivity index (χ1v) is 10.8. The summed E-state index contributed by atoms with van der Waals surface area (Å²) in [5.74, 6) is -0.255. The van der Waals surface area contributed by atoms with E-state index in [9.17, 15) is 18.0 Å². The molecule has 2 N–H and O–H groups in total. The molecule has 0 aliphatic rings. The first-order valence-electron chi connectivity index (χ1n) is 9.32. The number of nitrogens with one attached hydrogen (secondary N) is 2. The third kappa shape index (κ3) is 3.93. The molecule has 31 heavy (non-hydrogen) atoms. The van der Waals surface area contributed by atoms with Crippen LogP contribution in [-0.2, 0) is 10.0 Å². The number of para-hydroxylation sites is 1.